The van der Waals surface area contributed by atoms with E-state index in [1.807, 2.05) is 0 Å². The molecule has 0 aliphatic carbocycles. The second-order valence-corrected chi connectivity index (χ2v) is 5.71. The number of carboxylic acids is 1. The van der Waals surface area contributed by atoms with Gasteiger partial charge in [-0.2, -0.15) is 0 Å². The van der Waals surface area contributed by atoms with E-state index in [4.69, 9.17) is 5.11 Å². The molecule has 1 unspecified atom stereocenters. The summed E-state index contributed by atoms with van der Waals surface area (Å²) >= 11 is 0. The summed E-state index contributed by atoms with van der Waals surface area (Å²) in [6.45, 7) is 3.26. The van der Waals surface area contributed by atoms with Gasteiger partial charge in [0.1, 0.15) is 5.82 Å². The molecule has 0 aliphatic rings. The number of hydrogen-bond donors (Lipinski definition) is 2. The average molecular weight is 351 g/mol. The first kappa shape index (κ1) is 18.5. The Morgan fingerprint density at radius 1 is 1.16 bits per heavy atom. The molecule has 0 aromatic heterocycles. The Morgan fingerprint density at radius 2 is 1.76 bits per heavy atom. The number of carbonyl (C=O) groups is 2. The van der Waals surface area contributed by atoms with Crippen molar-refractivity contribution in [3.63, 3.8) is 0 Å². The number of benzene rings is 2. The Morgan fingerprint density at radius 3 is 2.28 bits per heavy atom. The van der Waals surface area contributed by atoms with Crippen LogP contribution in [0.4, 0.5) is 13.2 Å². The van der Waals surface area contributed by atoms with E-state index in [1.54, 1.807) is 13.8 Å². The van der Waals surface area contributed by atoms with Gasteiger partial charge in [0.2, 0.25) is 6.41 Å². The van der Waals surface area contributed by atoms with Gasteiger partial charge in [-0.1, -0.05) is 0 Å². The van der Waals surface area contributed by atoms with Crippen LogP contribution in [0.15, 0.2) is 24.3 Å². The monoisotopic (exact) mass is 351 g/mol. The van der Waals surface area contributed by atoms with Crippen molar-refractivity contribution >= 4 is 12.4 Å². The Hall–Kier alpha value is -2.83. The smallest absolute Gasteiger partial charge is 0.305 e. The zero-order valence-corrected chi connectivity index (χ0v) is 13.6. The second kappa shape index (κ2) is 7.38. The van der Waals surface area contributed by atoms with Gasteiger partial charge in [-0.05, 0) is 60.4 Å². The average Bonchev–Trinajstić information content (AvgIpc) is 2.48. The minimum Gasteiger partial charge on any atom is -0.481 e. The molecule has 132 valence electrons. The molecule has 25 heavy (non-hydrogen) atoms. The van der Waals surface area contributed by atoms with Crippen LogP contribution in [0.5, 0.6) is 0 Å². The van der Waals surface area contributed by atoms with Crippen molar-refractivity contribution in [3.05, 3.63) is 58.4 Å². The number of hydrogen-bond acceptors (Lipinski definition) is 2. The van der Waals surface area contributed by atoms with E-state index >= 15 is 0 Å². The highest BCUT2D eigenvalue weighted by atomic mass is 19.2. The van der Waals surface area contributed by atoms with Crippen LogP contribution in [-0.2, 0) is 9.59 Å². The fourth-order valence-corrected chi connectivity index (χ4v) is 2.89. The highest BCUT2D eigenvalue weighted by molar-refractivity contribution is 5.73. The lowest BCUT2D eigenvalue weighted by Crippen LogP contribution is -2.24. The summed E-state index contributed by atoms with van der Waals surface area (Å²) in [5.41, 5.74) is 1.54. The fraction of sp³-hybridized carbons (Fsp3) is 0.222. The molecule has 0 saturated carbocycles. The third-order valence-corrected chi connectivity index (χ3v) is 3.87. The number of aryl methyl sites for hydroxylation is 2. The van der Waals surface area contributed by atoms with Crippen molar-refractivity contribution in [1.29, 1.82) is 0 Å². The van der Waals surface area contributed by atoms with Crippen LogP contribution in [0, 0.1) is 31.3 Å². The highest BCUT2D eigenvalue weighted by Gasteiger charge is 2.23. The first-order valence-corrected chi connectivity index (χ1v) is 7.42. The van der Waals surface area contributed by atoms with Crippen LogP contribution >= 0.6 is 0 Å². The zero-order valence-electron chi connectivity index (χ0n) is 13.6. The zero-order chi connectivity index (χ0) is 18.7. The maximum Gasteiger partial charge on any atom is 0.305 e. The van der Waals surface area contributed by atoms with Crippen LogP contribution in [0.3, 0.4) is 0 Å². The van der Waals surface area contributed by atoms with Gasteiger partial charge in [0, 0.05) is 5.56 Å². The summed E-state index contributed by atoms with van der Waals surface area (Å²) in [4.78, 5) is 21.6. The van der Waals surface area contributed by atoms with Gasteiger partial charge in [-0.3, -0.25) is 9.59 Å². The summed E-state index contributed by atoms with van der Waals surface area (Å²) in [5.74, 6) is -4.15. The topological polar surface area (TPSA) is 66.4 Å². The molecule has 0 fully saturated rings. The quantitative estimate of drug-likeness (QED) is 0.781. The highest BCUT2D eigenvalue weighted by Crippen LogP contribution is 2.33. The third-order valence-electron chi connectivity index (χ3n) is 3.87. The summed E-state index contributed by atoms with van der Waals surface area (Å²) in [6, 6.07) is 3.54. The molecule has 7 heteroatoms. The van der Waals surface area contributed by atoms with E-state index < -0.39 is 35.9 Å². The van der Waals surface area contributed by atoms with E-state index in [0.29, 0.717) is 16.7 Å². The molecule has 2 N–H and O–H groups in total. The molecule has 0 aliphatic heterocycles. The molecule has 1 atom stereocenters. The number of carboxylic acid groups (broad SMARTS) is 1. The molecule has 2 aromatic rings. The van der Waals surface area contributed by atoms with Gasteiger partial charge < -0.3 is 10.4 Å². The summed E-state index contributed by atoms with van der Waals surface area (Å²) in [6.07, 6.45) is -0.383. The Kier molecular flexibility index (Phi) is 5.46. The predicted octanol–water partition coefficient (Wildman–Crippen LogP) is 3.65. The van der Waals surface area contributed by atoms with Crippen LogP contribution in [0.25, 0.3) is 11.1 Å². The number of aliphatic carboxylic acids is 1. The molecule has 0 heterocycles. The van der Waals surface area contributed by atoms with E-state index in [-0.39, 0.29) is 17.5 Å². The third kappa shape index (κ3) is 3.99. The number of carbonyl (C=O) groups excluding carboxylic acids is 1. The summed E-state index contributed by atoms with van der Waals surface area (Å²) < 4.78 is 41.8. The molecule has 0 radical (unpaired) electrons. The van der Waals surface area contributed by atoms with Crippen molar-refractivity contribution in [1.82, 2.24) is 5.32 Å². The van der Waals surface area contributed by atoms with E-state index in [9.17, 15) is 22.8 Å². The standard InChI is InChI=1S/C18H16F3NO3/c1-9-3-12(19)4-10(2)17(9)11-5-13(18(21)14(20)6-11)15(22-8-23)7-16(24)25/h3-6,8,15H,7H2,1-2H3,(H,22,23)(H,24,25). The van der Waals surface area contributed by atoms with Gasteiger partial charge in [0.05, 0.1) is 12.5 Å². The lowest BCUT2D eigenvalue weighted by molar-refractivity contribution is -0.137. The predicted molar refractivity (Wildman–Crippen MR) is 85.4 cm³/mol. The lowest BCUT2D eigenvalue weighted by atomic mass is 9.92. The van der Waals surface area contributed by atoms with Gasteiger partial charge in [-0.15, -0.1) is 0 Å². The van der Waals surface area contributed by atoms with E-state index in [1.165, 1.54) is 18.2 Å². The molecule has 0 spiro atoms. The molecule has 0 saturated heterocycles. The summed E-state index contributed by atoms with van der Waals surface area (Å²) in [7, 11) is 0. The minimum atomic E-state index is -1.28. The van der Waals surface area contributed by atoms with Crippen LogP contribution in [-0.4, -0.2) is 17.5 Å². The normalized spacial score (nSPS) is 11.9. The van der Waals surface area contributed by atoms with E-state index in [0.717, 1.165) is 6.07 Å². The minimum absolute atomic E-state index is 0.228. The van der Waals surface area contributed by atoms with Gasteiger partial charge in [0.25, 0.3) is 0 Å². The number of amides is 1. The van der Waals surface area contributed by atoms with Crippen molar-refractivity contribution < 1.29 is 27.9 Å². The maximum atomic E-state index is 14.2. The van der Waals surface area contributed by atoms with Crippen molar-refractivity contribution in [3.8, 4) is 11.1 Å². The Labute approximate surface area is 142 Å². The lowest BCUT2D eigenvalue weighted by Gasteiger charge is -2.18. The molecule has 4 nitrogen and oxygen atoms in total. The first-order valence-electron chi connectivity index (χ1n) is 7.42. The van der Waals surface area contributed by atoms with Gasteiger partial charge in [-0.25, -0.2) is 13.2 Å². The van der Waals surface area contributed by atoms with Gasteiger partial charge in [0.15, 0.2) is 11.6 Å². The molecule has 2 aromatic carbocycles. The molecule has 1 amide bonds. The van der Waals surface area contributed by atoms with Gasteiger partial charge >= 0.3 is 5.97 Å². The molecular weight excluding hydrogens is 335 g/mol. The van der Waals surface area contributed by atoms with Crippen LogP contribution in [0.2, 0.25) is 0 Å². The van der Waals surface area contributed by atoms with Crippen LogP contribution < -0.4 is 5.32 Å². The largest absolute Gasteiger partial charge is 0.481 e. The SMILES string of the molecule is Cc1cc(F)cc(C)c1-c1cc(F)c(F)c(C(CC(=O)O)NC=O)c1. The van der Waals surface area contributed by atoms with Crippen molar-refractivity contribution in [2.24, 2.45) is 0 Å². The van der Waals surface area contributed by atoms with Crippen molar-refractivity contribution in [2.75, 3.05) is 0 Å². The fourth-order valence-electron chi connectivity index (χ4n) is 2.89. The van der Waals surface area contributed by atoms with Crippen LogP contribution in [0.1, 0.15) is 29.2 Å². The second-order valence-electron chi connectivity index (χ2n) is 5.71. The Bertz CT molecular complexity index is 814. The maximum absolute atomic E-state index is 14.2. The molecular formula is C18H16F3NO3. The molecule has 0 bridgehead atoms. The molecule has 2 rings (SSSR count). The number of halogens is 3. The first-order chi connectivity index (χ1) is 11.7. The Balaban J connectivity index is 2.65. The van der Waals surface area contributed by atoms with E-state index in [2.05, 4.69) is 5.32 Å². The summed E-state index contributed by atoms with van der Waals surface area (Å²) in [5, 5.41) is 11.1. The number of rotatable bonds is 6. The van der Waals surface area contributed by atoms with Crippen molar-refractivity contribution in [2.45, 2.75) is 26.3 Å². The number of nitrogens with one attached hydrogen (secondary N) is 1.